The second-order valence-electron chi connectivity index (χ2n) is 9.10. The summed E-state index contributed by atoms with van der Waals surface area (Å²) in [4.78, 5) is 12.1. The zero-order valence-electron chi connectivity index (χ0n) is 20.6. The van der Waals surface area contributed by atoms with Crippen molar-refractivity contribution in [2.45, 2.75) is 143 Å². The molecule has 0 aromatic carbocycles. The van der Waals surface area contributed by atoms with E-state index in [1.54, 1.807) is 6.92 Å². The Labute approximate surface area is 187 Å². The summed E-state index contributed by atoms with van der Waals surface area (Å²) in [5, 5.41) is 12.2. The minimum atomic E-state index is -0.420. The number of nitrogens with one attached hydrogen (secondary N) is 1. The first-order valence-electron chi connectivity index (χ1n) is 13.2. The van der Waals surface area contributed by atoms with Crippen molar-refractivity contribution in [1.29, 1.82) is 0 Å². The SMILES string of the molecule is CCCCCCCCC(CCCCCC)COC(=O)CCCCCCCNC(C)O. The molecule has 0 aromatic rings. The van der Waals surface area contributed by atoms with Gasteiger partial charge in [-0.25, -0.2) is 0 Å². The molecule has 0 radical (unpaired) electrons. The van der Waals surface area contributed by atoms with Gasteiger partial charge in [-0.15, -0.1) is 0 Å². The van der Waals surface area contributed by atoms with Crippen molar-refractivity contribution in [3.05, 3.63) is 0 Å². The lowest BCUT2D eigenvalue weighted by Gasteiger charge is -2.17. The molecule has 0 bridgehead atoms. The van der Waals surface area contributed by atoms with Crippen LogP contribution in [0.3, 0.4) is 0 Å². The highest BCUT2D eigenvalue weighted by Crippen LogP contribution is 2.20. The van der Waals surface area contributed by atoms with Gasteiger partial charge in [-0.2, -0.15) is 0 Å². The summed E-state index contributed by atoms with van der Waals surface area (Å²) in [6, 6.07) is 0. The Balaban J connectivity index is 3.85. The molecule has 0 aliphatic carbocycles. The Hall–Kier alpha value is -0.610. The number of hydrogen-bond acceptors (Lipinski definition) is 4. The third-order valence-electron chi connectivity index (χ3n) is 5.91. The van der Waals surface area contributed by atoms with Crippen molar-refractivity contribution in [1.82, 2.24) is 5.32 Å². The van der Waals surface area contributed by atoms with Crippen molar-refractivity contribution in [3.63, 3.8) is 0 Å². The van der Waals surface area contributed by atoms with Gasteiger partial charge in [-0.05, 0) is 45.1 Å². The molecule has 2 N–H and O–H groups in total. The van der Waals surface area contributed by atoms with Crippen LogP contribution in [0.15, 0.2) is 0 Å². The summed E-state index contributed by atoms with van der Waals surface area (Å²) >= 11 is 0. The molecular formula is C26H53NO3. The molecule has 0 rings (SSSR count). The molecule has 0 aliphatic heterocycles. The molecule has 4 heteroatoms. The van der Waals surface area contributed by atoms with E-state index in [4.69, 9.17) is 9.84 Å². The van der Waals surface area contributed by atoms with E-state index < -0.39 is 6.23 Å². The number of hydrogen-bond donors (Lipinski definition) is 2. The number of rotatable bonds is 23. The Morgan fingerprint density at radius 3 is 1.87 bits per heavy atom. The third kappa shape index (κ3) is 22.1. The Morgan fingerprint density at radius 2 is 1.27 bits per heavy atom. The number of aliphatic hydroxyl groups is 1. The van der Waals surface area contributed by atoms with E-state index in [1.165, 1.54) is 77.0 Å². The smallest absolute Gasteiger partial charge is 0.305 e. The highest BCUT2D eigenvalue weighted by atomic mass is 16.5. The van der Waals surface area contributed by atoms with E-state index >= 15 is 0 Å². The van der Waals surface area contributed by atoms with Crippen LogP contribution < -0.4 is 5.32 Å². The standard InChI is InChI=1S/C26H53NO3/c1-4-6-8-10-12-16-20-25(19-15-9-7-5-2)23-30-26(29)21-17-13-11-14-18-22-27-24(3)28/h24-25,27-28H,4-23H2,1-3H3. The molecule has 0 heterocycles. The Kier molecular flexibility index (Phi) is 22.6. The van der Waals surface area contributed by atoms with Crippen molar-refractivity contribution in [2.24, 2.45) is 5.92 Å². The Morgan fingerprint density at radius 1 is 0.767 bits per heavy atom. The monoisotopic (exact) mass is 427 g/mol. The van der Waals surface area contributed by atoms with Gasteiger partial charge >= 0.3 is 5.97 Å². The van der Waals surface area contributed by atoms with Crippen molar-refractivity contribution in [2.75, 3.05) is 13.2 Å². The molecule has 0 aliphatic rings. The van der Waals surface area contributed by atoms with Crippen LogP contribution in [-0.4, -0.2) is 30.5 Å². The summed E-state index contributed by atoms with van der Waals surface area (Å²) in [6.45, 7) is 7.75. The molecule has 30 heavy (non-hydrogen) atoms. The largest absolute Gasteiger partial charge is 0.465 e. The summed E-state index contributed by atoms with van der Waals surface area (Å²) in [5.74, 6) is 0.547. The van der Waals surface area contributed by atoms with Crippen molar-refractivity contribution in [3.8, 4) is 0 Å². The lowest BCUT2D eigenvalue weighted by atomic mass is 9.95. The fraction of sp³-hybridized carbons (Fsp3) is 0.962. The molecule has 180 valence electrons. The fourth-order valence-electron chi connectivity index (χ4n) is 3.90. The number of esters is 1. The zero-order chi connectivity index (χ0) is 22.3. The Bertz CT molecular complexity index is 360. The van der Waals surface area contributed by atoms with E-state index in [1.807, 2.05) is 0 Å². The van der Waals surface area contributed by atoms with E-state index in [2.05, 4.69) is 19.2 Å². The van der Waals surface area contributed by atoms with Gasteiger partial charge in [0, 0.05) is 6.42 Å². The van der Waals surface area contributed by atoms with Crippen LogP contribution in [0.1, 0.15) is 136 Å². The predicted octanol–water partition coefficient (Wildman–Crippen LogP) is 7.14. The zero-order valence-corrected chi connectivity index (χ0v) is 20.6. The minimum absolute atomic E-state index is 0.00715. The molecule has 0 spiro atoms. The molecule has 2 atom stereocenters. The van der Waals surface area contributed by atoms with Gasteiger partial charge in [-0.3, -0.25) is 10.1 Å². The average Bonchev–Trinajstić information content (AvgIpc) is 2.72. The topological polar surface area (TPSA) is 58.6 Å². The second-order valence-corrected chi connectivity index (χ2v) is 9.10. The lowest BCUT2D eigenvalue weighted by Crippen LogP contribution is -2.26. The maximum atomic E-state index is 12.1. The molecule has 2 unspecified atom stereocenters. The molecule has 0 fully saturated rings. The normalized spacial score (nSPS) is 13.3. The summed E-state index contributed by atoms with van der Waals surface area (Å²) in [5.41, 5.74) is 0. The van der Waals surface area contributed by atoms with Crippen LogP contribution in [0.5, 0.6) is 0 Å². The number of carbonyl (C=O) groups is 1. The van der Waals surface area contributed by atoms with Gasteiger partial charge in [0.15, 0.2) is 0 Å². The summed E-state index contributed by atoms with van der Waals surface area (Å²) in [6.07, 6.45) is 21.1. The van der Waals surface area contributed by atoms with Crippen LogP contribution >= 0.6 is 0 Å². The van der Waals surface area contributed by atoms with Gasteiger partial charge in [0.25, 0.3) is 0 Å². The summed E-state index contributed by atoms with van der Waals surface area (Å²) in [7, 11) is 0. The average molecular weight is 428 g/mol. The van der Waals surface area contributed by atoms with E-state index in [-0.39, 0.29) is 5.97 Å². The van der Waals surface area contributed by atoms with Gasteiger partial charge in [-0.1, -0.05) is 97.3 Å². The van der Waals surface area contributed by atoms with Gasteiger partial charge in [0.1, 0.15) is 6.23 Å². The van der Waals surface area contributed by atoms with Crippen LogP contribution in [0.4, 0.5) is 0 Å². The molecule has 0 saturated heterocycles. The highest BCUT2D eigenvalue weighted by molar-refractivity contribution is 5.69. The van der Waals surface area contributed by atoms with E-state index in [9.17, 15) is 4.79 Å². The van der Waals surface area contributed by atoms with Crippen LogP contribution in [0.25, 0.3) is 0 Å². The van der Waals surface area contributed by atoms with Crippen LogP contribution in [0, 0.1) is 5.92 Å². The van der Waals surface area contributed by atoms with E-state index in [0.717, 1.165) is 38.6 Å². The van der Waals surface area contributed by atoms with Crippen LogP contribution in [-0.2, 0) is 9.53 Å². The molecule has 0 aromatic heterocycles. The van der Waals surface area contributed by atoms with Gasteiger partial charge in [0.2, 0.25) is 0 Å². The number of unbranched alkanes of at least 4 members (excludes halogenated alkanes) is 12. The minimum Gasteiger partial charge on any atom is -0.465 e. The first-order chi connectivity index (χ1) is 14.6. The van der Waals surface area contributed by atoms with E-state index in [0.29, 0.717) is 18.9 Å². The van der Waals surface area contributed by atoms with Crippen molar-refractivity contribution < 1.29 is 14.6 Å². The number of ether oxygens (including phenoxy) is 1. The quantitative estimate of drug-likeness (QED) is 0.103. The summed E-state index contributed by atoms with van der Waals surface area (Å²) < 4.78 is 5.65. The maximum Gasteiger partial charge on any atom is 0.305 e. The predicted molar refractivity (Wildman–Crippen MR) is 129 cm³/mol. The number of carbonyl (C=O) groups excluding carboxylic acids is 1. The first kappa shape index (κ1) is 29.4. The molecule has 0 saturated carbocycles. The molecule has 4 nitrogen and oxygen atoms in total. The molecular weight excluding hydrogens is 374 g/mol. The van der Waals surface area contributed by atoms with Gasteiger partial charge < -0.3 is 9.84 Å². The molecule has 0 amide bonds. The van der Waals surface area contributed by atoms with Gasteiger partial charge in [0.05, 0.1) is 6.61 Å². The fourth-order valence-corrected chi connectivity index (χ4v) is 3.90. The first-order valence-corrected chi connectivity index (χ1v) is 13.2. The van der Waals surface area contributed by atoms with Crippen molar-refractivity contribution >= 4 is 5.97 Å². The van der Waals surface area contributed by atoms with Crippen LogP contribution in [0.2, 0.25) is 0 Å². The maximum absolute atomic E-state index is 12.1. The second kappa shape index (κ2) is 23.1. The number of aliphatic hydroxyl groups excluding tert-OH is 1. The third-order valence-corrected chi connectivity index (χ3v) is 5.91. The highest BCUT2D eigenvalue weighted by Gasteiger charge is 2.12. The lowest BCUT2D eigenvalue weighted by molar-refractivity contribution is -0.145.